The van der Waals surface area contributed by atoms with E-state index in [9.17, 15) is 4.79 Å². The molecule has 0 amide bonds. The molecule has 10 unspecified atom stereocenters. The summed E-state index contributed by atoms with van der Waals surface area (Å²) in [5, 5.41) is 0. The van der Waals surface area contributed by atoms with Crippen LogP contribution in [0.25, 0.3) is 0 Å². The van der Waals surface area contributed by atoms with Crippen molar-refractivity contribution in [3.63, 3.8) is 0 Å². The predicted octanol–water partition coefficient (Wildman–Crippen LogP) is 5.21. The Balaban J connectivity index is 1.87. The van der Waals surface area contributed by atoms with Crippen molar-refractivity contribution in [1.82, 2.24) is 0 Å². The van der Waals surface area contributed by atoms with E-state index in [2.05, 4.69) is 48.1 Å². The van der Waals surface area contributed by atoms with E-state index in [1.807, 2.05) is 0 Å². The van der Waals surface area contributed by atoms with Gasteiger partial charge in [-0.3, -0.25) is 4.79 Å². The number of fused-ring (bicyclic) bond motifs is 2. The molecule has 0 radical (unpaired) electrons. The van der Waals surface area contributed by atoms with Crippen molar-refractivity contribution in [3.05, 3.63) is 12.2 Å². The van der Waals surface area contributed by atoms with E-state index in [1.54, 1.807) is 0 Å². The molecule has 0 N–H and O–H groups in total. The van der Waals surface area contributed by atoms with E-state index < -0.39 is 0 Å². The summed E-state index contributed by atoms with van der Waals surface area (Å²) in [6, 6.07) is 0. The topological polar surface area (TPSA) is 17.1 Å². The quantitative estimate of drug-likeness (QED) is 0.654. The Kier molecular flexibility index (Phi) is 4.06. The van der Waals surface area contributed by atoms with Crippen LogP contribution in [0.2, 0.25) is 0 Å². The second kappa shape index (κ2) is 5.49. The van der Waals surface area contributed by atoms with Crippen molar-refractivity contribution in [2.24, 2.45) is 59.2 Å². The van der Waals surface area contributed by atoms with Crippen LogP contribution in [0.1, 0.15) is 54.4 Å². The van der Waals surface area contributed by atoms with E-state index >= 15 is 0 Å². The Bertz CT molecular complexity index is 478. The van der Waals surface area contributed by atoms with E-state index in [4.69, 9.17) is 0 Å². The lowest BCUT2D eigenvalue weighted by atomic mass is 9.48. The van der Waals surface area contributed by atoms with Gasteiger partial charge in [0.25, 0.3) is 0 Å². The first-order chi connectivity index (χ1) is 10.3. The largest absolute Gasteiger partial charge is 0.299 e. The van der Waals surface area contributed by atoms with E-state index in [0.717, 1.165) is 24.2 Å². The van der Waals surface area contributed by atoms with Gasteiger partial charge in [-0.25, -0.2) is 0 Å². The van der Waals surface area contributed by atoms with Crippen LogP contribution in [-0.2, 0) is 4.79 Å². The first-order valence-electron chi connectivity index (χ1n) is 9.43. The number of hydrogen-bond donors (Lipinski definition) is 0. The number of Topliss-reactive ketones (excluding diaryl/α,β-unsaturated/α-hetero) is 1. The van der Waals surface area contributed by atoms with E-state index in [-0.39, 0.29) is 0 Å². The van der Waals surface area contributed by atoms with Crippen LogP contribution < -0.4 is 0 Å². The van der Waals surface area contributed by atoms with Gasteiger partial charge >= 0.3 is 0 Å². The molecular weight excluding hydrogens is 268 g/mol. The number of carbonyl (C=O) groups is 1. The molecule has 0 aromatic heterocycles. The summed E-state index contributed by atoms with van der Waals surface area (Å²) in [4.78, 5) is 13.2. The lowest BCUT2D eigenvalue weighted by Gasteiger charge is -2.56. The Hall–Kier alpha value is -0.590. The average molecular weight is 303 g/mol. The van der Waals surface area contributed by atoms with Gasteiger partial charge in [-0.1, -0.05) is 40.2 Å². The zero-order valence-corrected chi connectivity index (χ0v) is 15.3. The molecule has 3 fully saturated rings. The predicted molar refractivity (Wildman–Crippen MR) is 92.3 cm³/mol. The molecule has 3 aliphatic rings. The summed E-state index contributed by atoms with van der Waals surface area (Å²) in [5.74, 6) is 6.72. The third-order valence-electron chi connectivity index (χ3n) is 8.21. The lowest BCUT2D eigenvalue weighted by molar-refractivity contribution is -0.146. The summed E-state index contributed by atoms with van der Waals surface area (Å²) >= 11 is 0. The summed E-state index contributed by atoms with van der Waals surface area (Å²) < 4.78 is 0. The number of allylic oxidation sites excluding steroid dienone is 1. The minimum absolute atomic E-state index is 0.326. The fourth-order valence-electron chi connectivity index (χ4n) is 6.51. The van der Waals surface area contributed by atoms with Crippen LogP contribution in [0.3, 0.4) is 0 Å². The van der Waals surface area contributed by atoms with Crippen molar-refractivity contribution in [2.45, 2.75) is 54.4 Å². The minimum atomic E-state index is 0.326. The zero-order chi connectivity index (χ0) is 16.3. The molecule has 2 bridgehead atoms. The summed E-state index contributed by atoms with van der Waals surface area (Å²) in [7, 11) is 0. The SMILES string of the molecule is C=C(C)CC1C(C)C(C)C1C1C(=O)C2CC(C(C)C2C)C1C. The van der Waals surface area contributed by atoms with Gasteiger partial charge in [0.05, 0.1) is 0 Å². The molecule has 0 heterocycles. The van der Waals surface area contributed by atoms with Crippen LogP contribution in [0, 0.1) is 59.2 Å². The molecule has 0 aliphatic heterocycles. The highest BCUT2D eigenvalue weighted by atomic mass is 16.1. The van der Waals surface area contributed by atoms with Gasteiger partial charge < -0.3 is 0 Å². The molecule has 0 aromatic rings. The van der Waals surface area contributed by atoms with Gasteiger partial charge in [-0.15, -0.1) is 6.58 Å². The number of carbonyl (C=O) groups excluding carboxylic acids is 1. The molecule has 0 aromatic carbocycles. The second-order valence-corrected chi connectivity index (χ2v) is 9.13. The van der Waals surface area contributed by atoms with Gasteiger partial charge in [0, 0.05) is 11.8 Å². The highest BCUT2D eigenvalue weighted by Crippen LogP contribution is 2.60. The van der Waals surface area contributed by atoms with Gasteiger partial charge in [0.2, 0.25) is 0 Å². The Morgan fingerprint density at radius 3 is 2.23 bits per heavy atom. The molecule has 0 saturated heterocycles. The smallest absolute Gasteiger partial charge is 0.139 e. The molecule has 1 heteroatoms. The molecule has 3 saturated carbocycles. The minimum Gasteiger partial charge on any atom is -0.299 e. The third-order valence-corrected chi connectivity index (χ3v) is 8.21. The maximum Gasteiger partial charge on any atom is 0.139 e. The van der Waals surface area contributed by atoms with Crippen molar-refractivity contribution >= 4 is 5.78 Å². The number of hydrogen-bond acceptors (Lipinski definition) is 1. The maximum absolute atomic E-state index is 13.2. The highest BCUT2D eigenvalue weighted by molar-refractivity contribution is 5.86. The van der Waals surface area contributed by atoms with E-state index in [0.29, 0.717) is 47.2 Å². The number of rotatable bonds is 3. The van der Waals surface area contributed by atoms with Gasteiger partial charge in [0.15, 0.2) is 0 Å². The molecule has 1 nitrogen and oxygen atoms in total. The highest BCUT2D eigenvalue weighted by Gasteiger charge is 2.59. The summed E-state index contributed by atoms with van der Waals surface area (Å²) in [6.07, 6.45) is 2.29. The Morgan fingerprint density at radius 1 is 1.00 bits per heavy atom. The Labute approximate surface area is 136 Å². The van der Waals surface area contributed by atoms with Crippen molar-refractivity contribution < 1.29 is 4.79 Å². The Morgan fingerprint density at radius 2 is 1.64 bits per heavy atom. The lowest BCUT2D eigenvalue weighted by Crippen LogP contribution is -2.54. The van der Waals surface area contributed by atoms with Crippen molar-refractivity contribution in [2.75, 3.05) is 0 Å². The van der Waals surface area contributed by atoms with Crippen LogP contribution in [0.5, 0.6) is 0 Å². The molecule has 124 valence electrons. The first kappa shape index (κ1) is 16.3. The van der Waals surface area contributed by atoms with Crippen LogP contribution in [-0.4, -0.2) is 5.78 Å². The fraction of sp³-hybridized carbons (Fsp3) is 0.857. The monoisotopic (exact) mass is 302 g/mol. The summed E-state index contributed by atoms with van der Waals surface area (Å²) in [5.41, 5.74) is 1.29. The first-order valence-corrected chi connectivity index (χ1v) is 9.43. The third kappa shape index (κ3) is 2.14. The molecule has 3 rings (SSSR count). The van der Waals surface area contributed by atoms with Crippen LogP contribution in [0.15, 0.2) is 12.2 Å². The van der Waals surface area contributed by atoms with Crippen LogP contribution in [0.4, 0.5) is 0 Å². The molecule has 3 aliphatic carbocycles. The van der Waals surface area contributed by atoms with Crippen molar-refractivity contribution in [1.29, 1.82) is 0 Å². The molecule has 0 spiro atoms. The normalized spacial score (nSPS) is 54.2. The fourth-order valence-corrected chi connectivity index (χ4v) is 6.51. The summed E-state index contributed by atoms with van der Waals surface area (Å²) in [6.45, 7) is 18.1. The number of ketones is 1. The average Bonchev–Trinajstić information content (AvgIpc) is 2.74. The van der Waals surface area contributed by atoms with E-state index in [1.165, 1.54) is 12.0 Å². The maximum atomic E-state index is 13.2. The molecular formula is C21H34O. The van der Waals surface area contributed by atoms with Crippen molar-refractivity contribution in [3.8, 4) is 0 Å². The van der Waals surface area contributed by atoms with Crippen LogP contribution >= 0.6 is 0 Å². The molecule has 22 heavy (non-hydrogen) atoms. The second-order valence-electron chi connectivity index (χ2n) is 9.13. The van der Waals surface area contributed by atoms with Gasteiger partial charge in [-0.05, 0) is 67.1 Å². The van der Waals surface area contributed by atoms with Gasteiger partial charge in [0.1, 0.15) is 5.78 Å². The zero-order valence-electron chi connectivity index (χ0n) is 15.3. The van der Waals surface area contributed by atoms with Gasteiger partial charge in [-0.2, -0.15) is 0 Å². The standard InChI is InChI=1S/C21H34O/c1-10(2)8-17-13(5)14(6)19(17)20-15(7)16-9-18(21(20)22)12(4)11(16)3/h11-20H,1,8-9H2,2-7H3. The molecule has 10 atom stereocenters.